The standard InChI is InChI=1S/C19H15BrOS2/c1-2-22-19-18(14-8-10-15(20)11-9-14)16(21)12-17(23-19)13-6-4-3-5-7-13/h3-12H,2H2,1H3. The van der Waals surface area contributed by atoms with Crippen LogP contribution in [0.25, 0.3) is 21.6 Å². The Kier molecular flexibility index (Phi) is 5.36. The SMILES string of the molecule is CCSc1sc(-c2ccccc2)cc(=O)c1-c1ccc(Br)cc1. The number of rotatable bonds is 4. The molecule has 4 heteroatoms. The van der Waals surface area contributed by atoms with E-state index >= 15 is 0 Å². The van der Waals surface area contributed by atoms with Crippen LogP contribution in [0.3, 0.4) is 0 Å². The Morgan fingerprint density at radius 1 is 1.00 bits per heavy atom. The highest BCUT2D eigenvalue weighted by molar-refractivity contribution is 9.10. The van der Waals surface area contributed by atoms with Crippen LogP contribution < -0.4 is 5.43 Å². The first kappa shape index (κ1) is 16.5. The van der Waals surface area contributed by atoms with Crippen molar-refractivity contribution >= 4 is 39.0 Å². The van der Waals surface area contributed by atoms with Gasteiger partial charge in [0.05, 0.1) is 9.77 Å². The van der Waals surface area contributed by atoms with Gasteiger partial charge in [-0.1, -0.05) is 65.3 Å². The lowest BCUT2D eigenvalue weighted by Crippen LogP contribution is -2.04. The van der Waals surface area contributed by atoms with Crippen LogP contribution in [-0.2, 0) is 0 Å². The largest absolute Gasteiger partial charge is 0.289 e. The van der Waals surface area contributed by atoms with E-state index in [-0.39, 0.29) is 5.43 Å². The second-order valence-electron chi connectivity index (χ2n) is 4.94. The van der Waals surface area contributed by atoms with Gasteiger partial charge in [-0.3, -0.25) is 4.79 Å². The van der Waals surface area contributed by atoms with Crippen molar-refractivity contribution in [3.8, 4) is 21.6 Å². The van der Waals surface area contributed by atoms with E-state index in [0.29, 0.717) is 0 Å². The number of halogens is 1. The Morgan fingerprint density at radius 3 is 2.35 bits per heavy atom. The Morgan fingerprint density at radius 2 is 1.70 bits per heavy atom. The van der Waals surface area contributed by atoms with Crippen LogP contribution in [0, 0.1) is 0 Å². The number of thioether (sulfide) groups is 1. The van der Waals surface area contributed by atoms with Gasteiger partial charge in [0.2, 0.25) is 0 Å². The molecule has 0 unspecified atom stereocenters. The topological polar surface area (TPSA) is 17.1 Å². The third-order valence-corrected chi connectivity index (χ3v) is 6.23. The maximum Gasteiger partial charge on any atom is 0.189 e. The van der Waals surface area contributed by atoms with Gasteiger partial charge < -0.3 is 0 Å². The van der Waals surface area contributed by atoms with Crippen LogP contribution in [0.5, 0.6) is 0 Å². The molecule has 0 aliphatic heterocycles. The Bertz CT molecular complexity index is 855. The van der Waals surface area contributed by atoms with Crippen LogP contribution in [-0.4, -0.2) is 5.75 Å². The Hall–Kier alpha value is -1.36. The van der Waals surface area contributed by atoms with Crippen molar-refractivity contribution in [1.29, 1.82) is 0 Å². The van der Waals surface area contributed by atoms with Crippen molar-refractivity contribution in [1.82, 2.24) is 0 Å². The van der Waals surface area contributed by atoms with Crippen LogP contribution in [0.2, 0.25) is 0 Å². The zero-order valence-corrected chi connectivity index (χ0v) is 15.8. The molecule has 0 fully saturated rings. The van der Waals surface area contributed by atoms with Crippen LogP contribution in [0.1, 0.15) is 6.92 Å². The predicted molar refractivity (Wildman–Crippen MR) is 106 cm³/mol. The highest BCUT2D eigenvalue weighted by Gasteiger charge is 2.13. The van der Waals surface area contributed by atoms with E-state index in [2.05, 4.69) is 22.9 Å². The zero-order valence-electron chi connectivity index (χ0n) is 12.6. The lowest BCUT2D eigenvalue weighted by molar-refractivity contribution is 1.47. The van der Waals surface area contributed by atoms with Gasteiger partial charge in [0.25, 0.3) is 0 Å². The molecule has 0 aliphatic rings. The summed E-state index contributed by atoms with van der Waals surface area (Å²) in [5.41, 5.74) is 2.97. The first-order valence-corrected chi connectivity index (χ1v) is 9.91. The summed E-state index contributed by atoms with van der Waals surface area (Å²) < 4.78 is 2.10. The van der Waals surface area contributed by atoms with Crippen LogP contribution >= 0.6 is 39.0 Å². The fourth-order valence-corrected chi connectivity index (χ4v) is 5.01. The summed E-state index contributed by atoms with van der Waals surface area (Å²) in [4.78, 5) is 13.8. The summed E-state index contributed by atoms with van der Waals surface area (Å²) in [6.45, 7) is 2.11. The molecule has 1 heterocycles. The second kappa shape index (κ2) is 7.47. The van der Waals surface area contributed by atoms with Gasteiger partial charge in [0.1, 0.15) is 0 Å². The van der Waals surface area contributed by atoms with Gasteiger partial charge in [-0.15, -0.1) is 23.1 Å². The third kappa shape index (κ3) is 3.77. The summed E-state index contributed by atoms with van der Waals surface area (Å²) in [6, 6.07) is 19.8. The van der Waals surface area contributed by atoms with Gasteiger partial charge in [0.15, 0.2) is 5.43 Å². The summed E-state index contributed by atoms with van der Waals surface area (Å²) in [5, 5.41) is 0. The minimum Gasteiger partial charge on any atom is -0.289 e. The second-order valence-corrected chi connectivity index (χ2v) is 8.44. The fraction of sp³-hybridized carbons (Fsp3) is 0.105. The lowest BCUT2D eigenvalue weighted by atomic mass is 10.1. The van der Waals surface area contributed by atoms with Crippen molar-refractivity contribution in [3.63, 3.8) is 0 Å². The molecule has 0 spiro atoms. The Labute approximate surface area is 152 Å². The van der Waals surface area contributed by atoms with Crippen molar-refractivity contribution < 1.29 is 0 Å². The van der Waals surface area contributed by atoms with Crippen LogP contribution in [0.15, 0.2) is 74.1 Å². The van der Waals surface area contributed by atoms with E-state index < -0.39 is 0 Å². The smallest absolute Gasteiger partial charge is 0.189 e. The lowest BCUT2D eigenvalue weighted by Gasteiger charge is -2.10. The van der Waals surface area contributed by atoms with Crippen molar-refractivity contribution in [2.24, 2.45) is 0 Å². The van der Waals surface area contributed by atoms with E-state index in [9.17, 15) is 4.79 Å². The first-order valence-electron chi connectivity index (χ1n) is 7.31. The fourth-order valence-electron chi connectivity index (χ4n) is 2.33. The van der Waals surface area contributed by atoms with Gasteiger partial charge >= 0.3 is 0 Å². The predicted octanol–water partition coefficient (Wildman–Crippen LogP) is 6.32. The maximum absolute atomic E-state index is 12.8. The average molecular weight is 403 g/mol. The van der Waals surface area contributed by atoms with Crippen molar-refractivity contribution in [2.45, 2.75) is 11.1 Å². The molecule has 3 aromatic rings. The molecule has 1 aromatic heterocycles. The molecule has 1 nitrogen and oxygen atoms in total. The molecule has 23 heavy (non-hydrogen) atoms. The maximum atomic E-state index is 12.8. The molecule has 2 aromatic carbocycles. The van der Waals surface area contributed by atoms with E-state index in [0.717, 1.165) is 36.0 Å². The molecule has 0 bridgehead atoms. The van der Waals surface area contributed by atoms with Crippen LogP contribution in [0.4, 0.5) is 0 Å². The van der Waals surface area contributed by atoms with E-state index in [1.165, 1.54) is 0 Å². The molecular weight excluding hydrogens is 388 g/mol. The zero-order chi connectivity index (χ0) is 16.2. The van der Waals surface area contributed by atoms with E-state index in [4.69, 9.17) is 0 Å². The number of hydrogen-bond acceptors (Lipinski definition) is 3. The summed E-state index contributed by atoms with van der Waals surface area (Å²) >= 11 is 6.87. The first-order chi connectivity index (χ1) is 11.2. The van der Waals surface area contributed by atoms with Crippen molar-refractivity contribution in [2.75, 3.05) is 5.75 Å². The van der Waals surface area contributed by atoms with Gasteiger partial charge in [-0.2, -0.15) is 0 Å². The van der Waals surface area contributed by atoms with Gasteiger partial charge in [0, 0.05) is 15.4 Å². The highest BCUT2D eigenvalue weighted by Crippen LogP contribution is 2.37. The Balaban J connectivity index is 2.17. The molecular formula is C19H15BrOS2. The normalized spacial score (nSPS) is 10.7. The summed E-state index contributed by atoms with van der Waals surface area (Å²) in [7, 11) is 0. The molecule has 0 amide bonds. The molecule has 0 radical (unpaired) electrons. The minimum atomic E-state index is 0.0841. The summed E-state index contributed by atoms with van der Waals surface area (Å²) in [5.74, 6) is 0.942. The quantitative estimate of drug-likeness (QED) is 0.475. The van der Waals surface area contributed by atoms with Crippen molar-refractivity contribution in [3.05, 3.63) is 75.4 Å². The number of hydrogen-bond donors (Lipinski definition) is 0. The molecule has 0 saturated carbocycles. The van der Waals surface area contributed by atoms with E-state index in [1.807, 2.05) is 54.6 Å². The molecule has 116 valence electrons. The average Bonchev–Trinajstić information content (AvgIpc) is 2.57. The van der Waals surface area contributed by atoms with E-state index in [1.54, 1.807) is 29.2 Å². The molecule has 3 rings (SSSR count). The molecule has 0 atom stereocenters. The highest BCUT2D eigenvalue weighted by atomic mass is 79.9. The van der Waals surface area contributed by atoms with Gasteiger partial charge in [-0.05, 0) is 29.0 Å². The number of benzene rings is 2. The molecule has 0 aliphatic carbocycles. The van der Waals surface area contributed by atoms with Gasteiger partial charge in [-0.25, -0.2) is 0 Å². The monoisotopic (exact) mass is 402 g/mol. The minimum absolute atomic E-state index is 0.0841. The summed E-state index contributed by atoms with van der Waals surface area (Å²) in [6.07, 6.45) is 0. The molecule has 0 N–H and O–H groups in total. The third-order valence-electron chi connectivity index (χ3n) is 3.38. The molecule has 0 saturated heterocycles.